The summed E-state index contributed by atoms with van der Waals surface area (Å²) in [5.74, 6) is -0.337. The molecule has 6 heteroatoms. The van der Waals surface area contributed by atoms with Crippen LogP contribution in [0.5, 0.6) is 5.75 Å². The summed E-state index contributed by atoms with van der Waals surface area (Å²) in [4.78, 5) is 14.8. The molecule has 1 atom stereocenters. The highest BCUT2D eigenvalue weighted by Crippen LogP contribution is 2.37. The number of nitrogens with one attached hydrogen (secondary N) is 1. The average Bonchev–Trinajstić information content (AvgIpc) is 3.06. The first-order valence-electron chi connectivity index (χ1n) is 9.02. The standard InChI is InChI=1S/C23H18F2N2O2/c1-29-20-4-2-3-15(13-20)22-14-21(26-18-9-5-16(24)6-10-18)23(28)27(22)19-11-7-17(25)8-12-19/h2-14,22,26H,1H3/t22-/m1/s1. The molecule has 1 heterocycles. The summed E-state index contributed by atoms with van der Waals surface area (Å²) >= 11 is 0. The number of rotatable bonds is 5. The summed E-state index contributed by atoms with van der Waals surface area (Å²) in [6.45, 7) is 0. The Morgan fingerprint density at radius 2 is 1.59 bits per heavy atom. The van der Waals surface area contributed by atoms with E-state index in [1.54, 1.807) is 42.4 Å². The highest BCUT2D eigenvalue weighted by atomic mass is 19.1. The molecule has 1 aliphatic rings. The third-order valence-electron chi connectivity index (χ3n) is 4.72. The predicted octanol–water partition coefficient (Wildman–Crippen LogP) is 5.06. The molecular formula is C23H18F2N2O2. The van der Waals surface area contributed by atoms with Crippen LogP contribution in [-0.2, 0) is 4.79 Å². The number of carbonyl (C=O) groups excluding carboxylic acids is 1. The zero-order chi connectivity index (χ0) is 20.4. The Labute approximate surface area is 167 Å². The van der Waals surface area contributed by atoms with Gasteiger partial charge in [0.25, 0.3) is 5.91 Å². The van der Waals surface area contributed by atoms with Gasteiger partial charge in [-0.2, -0.15) is 0 Å². The molecule has 1 N–H and O–H groups in total. The van der Waals surface area contributed by atoms with Crippen LogP contribution in [0.3, 0.4) is 0 Å². The Bertz CT molecular complexity index is 1060. The Morgan fingerprint density at radius 1 is 0.931 bits per heavy atom. The Kier molecular flexibility index (Phi) is 4.99. The van der Waals surface area contributed by atoms with Gasteiger partial charge in [-0.05, 0) is 72.3 Å². The van der Waals surface area contributed by atoms with Gasteiger partial charge >= 0.3 is 0 Å². The molecule has 0 aromatic heterocycles. The van der Waals surface area contributed by atoms with E-state index in [4.69, 9.17) is 4.74 Å². The fourth-order valence-electron chi connectivity index (χ4n) is 3.29. The summed E-state index contributed by atoms with van der Waals surface area (Å²) < 4.78 is 31.9. The van der Waals surface area contributed by atoms with Crippen LogP contribution >= 0.6 is 0 Å². The molecule has 1 amide bonds. The van der Waals surface area contributed by atoms with Crippen molar-refractivity contribution >= 4 is 17.3 Å². The van der Waals surface area contributed by atoms with Gasteiger partial charge in [-0.1, -0.05) is 12.1 Å². The van der Waals surface area contributed by atoms with Crippen molar-refractivity contribution in [1.82, 2.24) is 0 Å². The Morgan fingerprint density at radius 3 is 2.24 bits per heavy atom. The zero-order valence-corrected chi connectivity index (χ0v) is 15.6. The molecule has 3 aromatic rings. The summed E-state index contributed by atoms with van der Waals surface area (Å²) in [6.07, 6.45) is 1.80. The maximum Gasteiger partial charge on any atom is 0.275 e. The van der Waals surface area contributed by atoms with Gasteiger partial charge in [0.2, 0.25) is 0 Å². The van der Waals surface area contributed by atoms with E-state index in [-0.39, 0.29) is 17.5 Å². The molecule has 0 fully saturated rings. The molecule has 29 heavy (non-hydrogen) atoms. The molecular weight excluding hydrogens is 374 g/mol. The van der Waals surface area contributed by atoms with E-state index in [2.05, 4.69) is 5.32 Å². The number of nitrogens with zero attached hydrogens (tertiary/aromatic N) is 1. The fourth-order valence-corrected chi connectivity index (χ4v) is 3.29. The largest absolute Gasteiger partial charge is 0.497 e. The number of halogens is 2. The van der Waals surface area contributed by atoms with Crippen molar-refractivity contribution in [3.05, 3.63) is 102 Å². The van der Waals surface area contributed by atoms with Crippen LogP contribution in [0.2, 0.25) is 0 Å². The molecule has 0 saturated heterocycles. The van der Waals surface area contributed by atoms with Crippen LogP contribution in [0.1, 0.15) is 11.6 Å². The van der Waals surface area contributed by atoms with Gasteiger partial charge in [-0.25, -0.2) is 8.78 Å². The molecule has 0 radical (unpaired) electrons. The number of anilines is 2. The number of hydrogen-bond donors (Lipinski definition) is 1. The zero-order valence-electron chi connectivity index (χ0n) is 15.6. The van der Waals surface area contributed by atoms with E-state index >= 15 is 0 Å². The lowest BCUT2D eigenvalue weighted by Crippen LogP contribution is -2.30. The maximum absolute atomic E-state index is 13.4. The van der Waals surface area contributed by atoms with E-state index in [0.717, 1.165) is 5.56 Å². The molecule has 0 saturated carbocycles. The Hall–Kier alpha value is -3.67. The lowest BCUT2D eigenvalue weighted by molar-refractivity contribution is -0.114. The minimum absolute atomic E-state index is 0.270. The van der Waals surface area contributed by atoms with Crippen LogP contribution < -0.4 is 15.0 Å². The minimum Gasteiger partial charge on any atom is -0.497 e. The SMILES string of the molecule is COc1cccc([C@H]2C=C(Nc3ccc(F)cc3)C(=O)N2c2ccc(F)cc2)c1. The molecule has 0 spiro atoms. The van der Waals surface area contributed by atoms with E-state index in [0.29, 0.717) is 22.8 Å². The van der Waals surface area contributed by atoms with Crippen molar-refractivity contribution in [1.29, 1.82) is 0 Å². The minimum atomic E-state index is -0.411. The van der Waals surface area contributed by atoms with Crippen molar-refractivity contribution in [2.75, 3.05) is 17.3 Å². The van der Waals surface area contributed by atoms with Crippen LogP contribution in [0.4, 0.5) is 20.2 Å². The second kappa shape index (κ2) is 7.75. The van der Waals surface area contributed by atoms with Crippen molar-refractivity contribution in [3.8, 4) is 5.75 Å². The molecule has 0 aliphatic carbocycles. The molecule has 146 valence electrons. The van der Waals surface area contributed by atoms with Gasteiger partial charge in [0.15, 0.2) is 0 Å². The van der Waals surface area contributed by atoms with Gasteiger partial charge < -0.3 is 10.1 Å². The maximum atomic E-state index is 13.4. The fraction of sp³-hybridized carbons (Fsp3) is 0.0870. The molecule has 4 nitrogen and oxygen atoms in total. The summed E-state index contributed by atoms with van der Waals surface area (Å²) in [5, 5.41) is 3.06. The lowest BCUT2D eigenvalue weighted by atomic mass is 10.1. The first kappa shape index (κ1) is 18.7. The smallest absolute Gasteiger partial charge is 0.275 e. The highest BCUT2D eigenvalue weighted by Gasteiger charge is 2.35. The third-order valence-corrected chi connectivity index (χ3v) is 4.72. The average molecular weight is 392 g/mol. The van der Waals surface area contributed by atoms with E-state index in [9.17, 15) is 13.6 Å². The number of benzene rings is 3. The topological polar surface area (TPSA) is 41.6 Å². The lowest BCUT2D eigenvalue weighted by Gasteiger charge is -2.25. The van der Waals surface area contributed by atoms with E-state index < -0.39 is 6.04 Å². The first-order valence-corrected chi connectivity index (χ1v) is 9.02. The van der Waals surface area contributed by atoms with Gasteiger partial charge in [0.1, 0.15) is 23.1 Å². The van der Waals surface area contributed by atoms with Crippen molar-refractivity contribution in [2.24, 2.45) is 0 Å². The molecule has 3 aromatic carbocycles. The van der Waals surface area contributed by atoms with E-state index in [1.807, 2.05) is 24.3 Å². The molecule has 1 aliphatic heterocycles. The summed E-state index contributed by atoms with van der Waals surface area (Å²) in [5.41, 5.74) is 2.36. The van der Waals surface area contributed by atoms with Crippen LogP contribution in [-0.4, -0.2) is 13.0 Å². The number of amides is 1. The van der Waals surface area contributed by atoms with E-state index in [1.165, 1.54) is 24.3 Å². The van der Waals surface area contributed by atoms with Crippen LogP contribution in [0.25, 0.3) is 0 Å². The monoisotopic (exact) mass is 392 g/mol. The van der Waals surface area contributed by atoms with Crippen molar-refractivity contribution in [2.45, 2.75) is 6.04 Å². The van der Waals surface area contributed by atoms with Gasteiger partial charge in [0, 0.05) is 11.4 Å². The second-order valence-electron chi connectivity index (χ2n) is 6.59. The van der Waals surface area contributed by atoms with Crippen molar-refractivity contribution in [3.63, 3.8) is 0 Å². The highest BCUT2D eigenvalue weighted by molar-refractivity contribution is 6.11. The predicted molar refractivity (Wildman–Crippen MR) is 108 cm³/mol. The molecule has 0 unspecified atom stereocenters. The van der Waals surface area contributed by atoms with Crippen molar-refractivity contribution < 1.29 is 18.3 Å². The van der Waals surface area contributed by atoms with Gasteiger partial charge in [0.05, 0.1) is 13.2 Å². The second-order valence-corrected chi connectivity index (χ2v) is 6.59. The molecule has 4 rings (SSSR count). The first-order chi connectivity index (χ1) is 14.0. The normalized spacial score (nSPS) is 16.0. The van der Waals surface area contributed by atoms with Crippen LogP contribution in [0, 0.1) is 11.6 Å². The molecule has 0 bridgehead atoms. The van der Waals surface area contributed by atoms with Crippen LogP contribution in [0.15, 0.2) is 84.6 Å². The third kappa shape index (κ3) is 3.82. The number of carbonyl (C=O) groups is 1. The van der Waals surface area contributed by atoms with Gasteiger partial charge in [-0.15, -0.1) is 0 Å². The number of methoxy groups -OCH3 is 1. The number of hydrogen-bond acceptors (Lipinski definition) is 3. The number of ether oxygens (including phenoxy) is 1. The quantitative estimate of drug-likeness (QED) is 0.660. The van der Waals surface area contributed by atoms with Gasteiger partial charge in [-0.3, -0.25) is 9.69 Å². The Balaban J connectivity index is 1.73. The summed E-state index contributed by atoms with van der Waals surface area (Å²) in [7, 11) is 1.58. The summed E-state index contributed by atoms with van der Waals surface area (Å²) in [6, 6.07) is 18.5.